The molecule has 0 bridgehead atoms. The molecule has 2 rings (SSSR count). The molecule has 1 aromatic heterocycles. The van der Waals surface area contributed by atoms with E-state index in [-0.39, 0.29) is 5.41 Å². The third-order valence-electron chi connectivity index (χ3n) is 9.38. The first kappa shape index (κ1) is 39.2. The van der Waals surface area contributed by atoms with Crippen molar-refractivity contribution in [3.05, 3.63) is 5.38 Å². The Labute approximate surface area is 275 Å². The molecule has 0 N–H and O–H groups in total. The van der Waals surface area contributed by atoms with Gasteiger partial charge in [-0.2, -0.15) is 0 Å². The van der Waals surface area contributed by atoms with E-state index >= 15 is 0 Å². The third kappa shape index (κ3) is 14.5. The van der Waals surface area contributed by atoms with Crippen LogP contribution in [0.15, 0.2) is 5.38 Å². The molecule has 0 radical (unpaired) electrons. The van der Waals surface area contributed by atoms with Gasteiger partial charge in [0.1, 0.15) is 0 Å². The zero-order valence-electron chi connectivity index (χ0n) is 29.2. The summed E-state index contributed by atoms with van der Waals surface area (Å²) in [7, 11) is 0. The maximum absolute atomic E-state index is 6.90. The molecular weight excluding hydrogens is 659 g/mol. The molecule has 0 amide bonds. The van der Waals surface area contributed by atoms with Crippen LogP contribution in [-0.4, -0.2) is 58.0 Å². The van der Waals surface area contributed by atoms with E-state index in [1.54, 1.807) is 2.89 Å². The number of rotatable bonds is 28. The summed E-state index contributed by atoms with van der Waals surface area (Å²) in [6, 6.07) is 0. The molecule has 43 heavy (non-hydrogen) atoms. The Balaban J connectivity index is 2.11. The molecule has 0 fully saturated rings. The van der Waals surface area contributed by atoms with Gasteiger partial charge in [-0.1, -0.05) is 39.5 Å². The van der Waals surface area contributed by atoms with Crippen LogP contribution in [-0.2, 0) is 9.47 Å². The van der Waals surface area contributed by atoms with Gasteiger partial charge < -0.3 is 0 Å². The van der Waals surface area contributed by atoms with Crippen LogP contribution in [0.3, 0.4) is 0 Å². The summed E-state index contributed by atoms with van der Waals surface area (Å²) in [6.45, 7) is 15.8. The topological polar surface area (TPSA) is 36.9 Å². The molecule has 1 aromatic rings. The van der Waals surface area contributed by atoms with Gasteiger partial charge in [0.25, 0.3) is 0 Å². The fraction of sp³-hybridized carbons (Fsp3) is 0.892. The van der Waals surface area contributed by atoms with E-state index in [0.29, 0.717) is 26.4 Å². The predicted octanol–water partition coefficient (Wildman–Crippen LogP) is 11.3. The van der Waals surface area contributed by atoms with Crippen molar-refractivity contribution in [3.8, 4) is 11.5 Å². The summed E-state index contributed by atoms with van der Waals surface area (Å²) < 4.78 is 32.3. The van der Waals surface area contributed by atoms with Crippen molar-refractivity contribution in [2.45, 2.75) is 164 Å². The molecule has 6 heteroatoms. The van der Waals surface area contributed by atoms with Gasteiger partial charge in [0.2, 0.25) is 0 Å². The Morgan fingerprint density at radius 1 is 0.605 bits per heavy atom. The van der Waals surface area contributed by atoms with Crippen LogP contribution in [0, 0.1) is 5.41 Å². The van der Waals surface area contributed by atoms with Gasteiger partial charge in [-0.15, -0.1) is 0 Å². The molecule has 1 aliphatic heterocycles. The second-order valence-electron chi connectivity index (χ2n) is 13.6. The van der Waals surface area contributed by atoms with E-state index in [0.717, 1.165) is 37.6 Å². The second kappa shape index (κ2) is 24.2. The standard InChI is InChI=1S/C25H43O4S.3C4H9.Sn/c1-3-5-7-9-11-13-15-26-19-25(20-27-16-14-12-10-8-6-4-2)21-28-23-17-30-18-24(23)29-22-25;3*1-3-4-2;/h17H,3-16,19-22H2,1-2H3;3*1,3-4H2,2H3;. The van der Waals surface area contributed by atoms with Crippen molar-refractivity contribution in [1.29, 1.82) is 0 Å². The minimum absolute atomic E-state index is 0.257. The van der Waals surface area contributed by atoms with Crippen molar-refractivity contribution < 1.29 is 18.9 Å². The van der Waals surface area contributed by atoms with Gasteiger partial charge in [0, 0.05) is 0 Å². The van der Waals surface area contributed by atoms with Crippen molar-refractivity contribution in [3.63, 3.8) is 0 Å². The summed E-state index contributed by atoms with van der Waals surface area (Å²) in [5, 5.41) is 2.28. The Hall–Kier alpha value is 0.0187. The molecule has 0 unspecified atom stereocenters. The van der Waals surface area contributed by atoms with Gasteiger partial charge >= 0.3 is 237 Å². The van der Waals surface area contributed by atoms with Gasteiger partial charge in [0.05, 0.1) is 0 Å². The molecule has 0 spiro atoms. The molecule has 0 saturated carbocycles. The quantitative estimate of drug-likeness (QED) is 0.0636. The number of ether oxygens (including phenoxy) is 4. The van der Waals surface area contributed by atoms with Crippen LogP contribution in [0.25, 0.3) is 0 Å². The molecule has 0 saturated heterocycles. The number of hydrogen-bond acceptors (Lipinski definition) is 5. The van der Waals surface area contributed by atoms with Gasteiger partial charge in [-0.25, -0.2) is 0 Å². The van der Waals surface area contributed by atoms with Crippen molar-refractivity contribution in [2.75, 3.05) is 39.6 Å². The normalized spacial score (nSPS) is 14.7. The number of thiophene rings is 1. The zero-order valence-corrected chi connectivity index (χ0v) is 32.9. The number of hydrogen-bond donors (Lipinski definition) is 0. The average Bonchev–Trinajstić information content (AvgIpc) is 3.36. The molecule has 2 heterocycles. The number of fused-ring (bicyclic) bond motifs is 1. The van der Waals surface area contributed by atoms with Gasteiger partial charge in [-0.05, 0) is 0 Å². The summed E-state index contributed by atoms with van der Waals surface area (Å²) in [6.07, 6.45) is 23.4. The Bertz CT molecular complexity index is 756. The first-order chi connectivity index (χ1) is 21.1. The SMILES string of the molecule is CCCCCCCCOCC1(COCCCCCCCC)COc2cs[c]([Sn]([CH2]CCC)([CH2]CCC)[CH2]CCC)c2OC1. The Kier molecular flexibility index (Phi) is 22.1. The maximum atomic E-state index is 6.90. The monoisotopic (exact) mass is 730 g/mol. The van der Waals surface area contributed by atoms with Gasteiger partial charge in [0.15, 0.2) is 0 Å². The molecule has 0 aromatic carbocycles. The molecule has 1 aliphatic rings. The second-order valence-corrected chi connectivity index (χ2v) is 28.5. The Morgan fingerprint density at radius 2 is 1.05 bits per heavy atom. The van der Waals surface area contributed by atoms with Crippen molar-refractivity contribution in [2.24, 2.45) is 5.41 Å². The number of unbranched alkanes of at least 4 members (excludes halogenated alkanes) is 13. The summed E-state index contributed by atoms with van der Waals surface area (Å²) >= 11 is -0.660. The summed E-state index contributed by atoms with van der Waals surface area (Å²) in [5.41, 5.74) is -0.257. The molecule has 252 valence electrons. The van der Waals surface area contributed by atoms with E-state index in [1.807, 2.05) is 11.3 Å². The first-order valence-electron chi connectivity index (χ1n) is 18.6. The van der Waals surface area contributed by atoms with Crippen molar-refractivity contribution >= 4 is 32.6 Å². The Morgan fingerprint density at radius 3 is 1.53 bits per heavy atom. The molecule has 0 atom stereocenters. The van der Waals surface area contributed by atoms with Crippen LogP contribution in [0.5, 0.6) is 11.5 Å². The van der Waals surface area contributed by atoms with E-state index in [2.05, 4.69) is 40.0 Å². The van der Waals surface area contributed by atoms with E-state index in [9.17, 15) is 0 Å². The van der Waals surface area contributed by atoms with Crippen LogP contribution in [0.4, 0.5) is 0 Å². The fourth-order valence-electron chi connectivity index (χ4n) is 6.45. The van der Waals surface area contributed by atoms with Crippen LogP contribution < -0.4 is 12.4 Å². The van der Waals surface area contributed by atoms with Crippen molar-refractivity contribution in [1.82, 2.24) is 0 Å². The fourth-order valence-corrected chi connectivity index (χ4v) is 26.9. The summed E-state index contributed by atoms with van der Waals surface area (Å²) in [4.78, 5) is 0. The molecular formula is C37H70O4SSn. The molecule has 0 aliphatic carbocycles. The first-order valence-corrected chi connectivity index (χ1v) is 27.0. The van der Waals surface area contributed by atoms with E-state index in [1.165, 1.54) is 116 Å². The third-order valence-corrected chi connectivity index (χ3v) is 28.7. The summed E-state index contributed by atoms with van der Waals surface area (Å²) in [5.74, 6) is 2.12. The predicted molar refractivity (Wildman–Crippen MR) is 191 cm³/mol. The van der Waals surface area contributed by atoms with Crippen LogP contribution in [0.1, 0.15) is 150 Å². The molecule has 4 nitrogen and oxygen atoms in total. The van der Waals surface area contributed by atoms with Crippen LogP contribution in [0.2, 0.25) is 13.3 Å². The van der Waals surface area contributed by atoms with E-state index in [4.69, 9.17) is 18.9 Å². The zero-order chi connectivity index (χ0) is 31.1. The average molecular weight is 730 g/mol. The minimum atomic E-state index is -2.64. The van der Waals surface area contributed by atoms with Crippen LogP contribution >= 0.6 is 11.3 Å². The van der Waals surface area contributed by atoms with E-state index < -0.39 is 18.4 Å². The van der Waals surface area contributed by atoms with Gasteiger partial charge in [-0.3, -0.25) is 0 Å².